The highest BCUT2D eigenvalue weighted by Crippen LogP contribution is 2.31. The van der Waals surface area contributed by atoms with Gasteiger partial charge in [-0.2, -0.15) is 5.10 Å². The Morgan fingerprint density at radius 2 is 1.90 bits per heavy atom. The Kier molecular flexibility index (Phi) is 7.29. The van der Waals surface area contributed by atoms with Crippen molar-refractivity contribution in [3.05, 3.63) is 88.4 Å². The topological polar surface area (TPSA) is 72.0 Å². The molecule has 154 valence electrons. The van der Waals surface area contributed by atoms with E-state index in [1.165, 1.54) is 6.21 Å². The van der Waals surface area contributed by atoms with Crippen molar-refractivity contribution in [2.45, 2.75) is 13.5 Å². The van der Waals surface area contributed by atoms with E-state index >= 15 is 0 Å². The van der Waals surface area contributed by atoms with Crippen LogP contribution in [-0.4, -0.2) is 19.4 Å². The van der Waals surface area contributed by atoms with E-state index in [-0.39, 0.29) is 0 Å². The quantitative estimate of drug-likeness (QED) is 0.395. The minimum Gasteiger partial charge on any atom is -0.493 e. The average Bonchev–Trinajstić information content (AvgIpc) is 2.72. The summed E-state index contributed by atoms with van der Waals surface area (Å²) in [4.78, 5) is 12.0. The maximum absolute atomic E-state index is 12.0. The number of hydrogen-bond donors (Lipinski definition) is 2. The normalized spacial score (nSPS) is 10.6. The fourth-order valence-electron chi connectivity index (χ4n) is 2.79. The monoisotopic (exact) mass is 423 g/mol. The van der Waals surface area contributed by atoms with E-state index in [9.17, 15) is 4.79 Å². The van der Waals surface area contributed by atoms with Gasteiger partial charge in [0.15, 0.2) is 11.5 Å². The van der Waals surface area contributed by atoms with Crippen molar-refractivity contribution in [2.75, 3.05) is 12.4 Å². The van der Waals surface area contributed by atoms with E-state index in [2.05, 4.69) is 21.9 Å². The number of hydrogen-bond acceptors (Lipinski definition) is 4. The molecule has 0 atom stereocenters. The highest BCUT2D eigenvalue weighted by molar-refractivity contribution is 6.30. The number of urea groups is 1. The molecule has 6 nitrogen and oxygen atoms in total. The fourth-order valence-corrected chi connectivity index (χ4v) is 2.98. The Morgan fingerprint density at radius 1 is 1.10 bits per heavy atom. The van der Waals surface area contributed by atoms with Gasteiger partial charge in [-0.15, -0.1) is 0 Å². The zero-order valence-electron chi connectivity index (χ0n) is 16.7. The van der Waals surface area contributed by atoms with Crippen LogP contribution in [0, 0.1) is 6.92 Å². The number of ether oxygens (including phenoxy) is 2. The molecule has 0 unspecified atom stereocenters. The molecule has 3 aromatic rings. The lowest BCUT2D eigenvalue weighted by atomic mass is 10.1. The van der Waals surface area contributed by atoms with Gasteiger partial charge < -0.3 is 14.8 Å². The van der Waals surface area contributed by atoms with Crippen molar-refractivity contribution < 1.29 is 14.3 Å². The van der Waals surface area contributed by atoms with Crippen LogP contribution in [0.25, 0.3) is 0 Å². The Balaban J connectivity index is 1.68. The van der Waals surface area contributed by atoms with Crippen LogP contribution < -0.4 is 20.2 Å². The first-order valence-corrected chi connectivity index (χ1v) is 9.64. The molecule has 0 aliphatic heterocycles. The maximum Gasteiger partial charge on any atom is 0.339 e. The molecule has 0 saturated heterocycles. The van der Waals surface area contributed by atoms with Crippen LogP contribution in [0.4, 0.5) is 10.5 Å². The third-order valence-electron chi connectivity index (χ3n) is 4.15. The second kappa shape index (κ2) is 10.3. The Labute approximate surface area is 180 Å². The minimum atomic E-state index is -0.487. The first kappa shape index (κ1) is 21.2. The highest BCUT2D eigenvalue weighted by Gasteiger charge is 2.10. The largest absolute Gasteiger partial charge is 0.493 e. The van der Waals surface area contributed by atoms with E-state index in [4.69, 9.17) is 21.1 Å². The third-order valence-corrected chi connectivity index (χ3v) is 4.38. The Hall–Kier alpha value is -3.51. The van der Waals surface area contributed by atoms with Crippen molar-refractivity contribution >= 4 is 29.5 Å². The molecule has 0 saturated carbocycles. The van der Waals surface area contributed by atoms with Gasteiger partial charge in [-0.05, 0) is 42.8 Å². The van der Waals surface area contributed by atoms with Crippen molar-refractivity contribution in [3.8, 4) is 11.5 Å². The maximum atomic E-state index is 12.0. The molecule has 0 spiro atoms. The first-order chi connectivity index (χ1) is 14.5. The number of hydrazone groups is 1. The summed E-state index contributed by atoms with van der Waals surface area (Å²) in [7, 11) is 1.58. The zero-order chi connectivity index (χ0) is 21.3. The van der Waals surface area contributed by atoms with Crippen LogP contribution in [0.2, 0.25) is 5.02 Å². The van der Waals surface area contributed by atoms with Crippen LogP contribution in [0.1, 0.15) is 16.7 Å². The van der Waals surface area contributed by atoms with E-state index < -0.39 is 6.03 Å². The van der Waals surface area contributed by atoms with Crippen LogP contribution in [-0.2, 0) is 6.61 Å². The van der Waals surface area contributed by atoms with Gasteiger partial charge in [-0.3, -0.25) is 0 Å². The summed E-state index contributed by atoms with van der Waals surface area (Å²) in [6, 6.07) is 19.9. The number of rotatable bonds is 7. The van der Waals surface area contributed by atoms with Crippen LogP contribution in [0.3, 0.4) is 0 Å². The van der Waals surface area contributed by atoms with E-state index in [0.29, 0.717) is 34.4 Å². The van der Waals surface area contributed by atoms with Crippen molar-refractivity contribution in [1.29, 1.82) is 0 Å². The van der Waals surface area contributed by atoms with Gasteiger partial charge in [0, 0.05) is 16.3 Å². The number of methoxy groups -OCH3 is 1. The molecule has 0 radical (unpaired) electrons. The number of amides is 2. The van der Waals surface area contributed by atoms with Gasteiger partial charge in [0.1, 0.15) is 6.61 Å². The molecule has 3 aromatic carbocycles. The number of nitrogens with one attached hydrogen (secondary N) is 2. The summed E-state index contributed by atoms with van der Waals surface area (Å²) in [6.45, 7) is 2.41. The number of carbonyl (C=O) groups excluding carboxylic acids is 1. The third kappa shape index (κ3) is 5.99. The lowest BCUT2D eigenvalue weighted by Gasteiger charge is -2.13. The van der Waals surface area contributed by atoms with Gasteiger partial charge in [-0.1, -0.05) is 53.6 Å². The molecule has 2 N–H and O–H groups in total. The van der Waals surface area contributed by atoms with Gasteiger partial charge in [-0.25, -0.2) is 10.2 Å². The van der Waals surface area contributed by atoms with Crippen LogP contribution in [0.15, 0.2) is 71.8 Å². The number of aryl methyl sites for hydroxylation is 1. The standard InChI is InChI=1S/C23H22ClN3O3/c1-16-6-3-7-17(12-16)15-30-22-18(8-4-11-21(22)29-2)14-25-27-23(28)26-20-10-5-9-19(24)13-20/h3-14H,15H2,1-2H3,(H2,26,27,28)/b25-14-. The number of benzene rings is 3. The van der Waals surface area contributed by atoms with Gasteiger partial charge in [0.05, 0.1) is 13.3 Å². The lowest BCUT2D eigenvalue weighted by Crippen LogP contribution is -2.24. The molecule has 0 bridgehead atoms. The van der Waals surface area contributed by atoms with E-state index in [1.807, 2.05) is 43.3 Å². The SMILES string of the molecule is COc1cccc(/C=N\NC(=O)Nc2cccc(Cl)c2)c1OCc1cccc(C)c1. The van der Waals surface area contributed by atoms with Crippen molar-refractivity contribution in [1.82, 2.24) is 5.43 Å². The first-order valence-electron chi connectivity index (χ1n) is 9.26. The van der Waals surface area contributed by atoms with Gasteiger partial charge >= 0.3 is 6.03 Å². The van der Waals surface area contributed by atoms with E-state index in [0.717, 1.165) is 11.1 Å². The second-order valence-electron chi connectivity index (χ2n) is 6.49. The summed E-state index contributed by atoms with van der Waals surface area (Å²) >= 11 is 5.91. The number of para-hydroxylation sites is 1. The minimum absolute atomic E-state index is 0.381. The number of carbonyl (C=O) groups is 1. The second-order valence-corrected chi connectivity index (χ2v) is 6.93. The summed E-state index contributed by atoms with van der Waals surface area (Å²) in [5, 5.41) is 7.19. The molecule has 0 aliphatic rings. The fraction of sp³-hybridized carbons (Fsp3) is 0.130. The summed E-state index contributed by atoms with van der Waals surface area (Å²) < 4.78 is 11.4. The average molecular weight is 424 g/mol. The Morgan fingerprint density at radius 3 is 2.67 bits per heavy atom. The molecule has 0 aliphatic carbocycles. The zero-order valence-corrected chi connectivity index (χ0v) is 17.4. The van der Waals surface area contributed by atoms with E-state index in [1.54, 1.807) is 31.4 Å². The number of nitrogens with zero attached hydrogens (tertiary/aromatic N) is 1. The predicted octanol–water partition coefficient (Wildman–Crippen LogP) is 5.39. The molecule has 30 heavy (non-hydrogen) atoms. The molecule has 7 heteroatoms. The lowest BCUT2D eigenvalue weighted by molar-refractivity contribution is 0.252. The predicted molar refractivity (Wildman–Crippen MR) is 120 cm³/mol. The molecular formula is C23H22ClN3O3. The molecule has 0 heterocycles. The molecular weight excluding hydrogens is 402 g/mol. The molecule has 0 aromatic heterocycles. The Bertz CT molecular complexity index is 1050. The van der Waals surface area contributed by atoms with Gasteiger partial charge in [0.25, 0.3) is 0 Å². The molecule has 0 fully saturated rings. The highest BCUT2D eigenvalue weighted by atomic mass is 35.5. The number of anilines is 1. The molecule has 3 rings (SSSR count). The number of halogens is 1. The van der Waals surface area contributed by atoms with Crippen LogP contribution in [0.5, 0.6) is 11.5 Å². The summed E-state index contributed by atoms with van der Waals surface area (Å²) in [6.07, 6.45) is 1.51. The smallest absolute Gasteiger partial charge is 0.339 e. The summed E-state index contributed by atoms with van der Waals surface area (Å²) in [5.74, 6) is 1.12. The van der Waals surface area contributed by atoms with Crippen LogP contribution >= 0.6 is 11.6 Å². The van der Waals surface area contributed by atoms with Gasteiger partial charge in [0.2, 0.25) is 0 Å². The molecule has 2 amide bonds. The van der Waals surface area contributed by atoms with Crippen molar-refractivity contribution in [3.63, 3.8) is 0 Å². The summed E-state index contributed by atoms with van der Waals surface area (Å²) in [5.41, 5.74) is 5.87. The van der Waals surface area contributed by atoms with Crippen molar-refractivity contribution in [2.24, 2.45) is 5.10 Å².